The van der Waals surface area contributed by atoms with Crippen LogP contribution < -0.4 is 5.32 Å². The first-order valence-corrected chi connectivity index (χ1v) is 8.27. The Morgan fingerprint density at radius 1 is 1.16 bits per heavy atom. The van der Waals surface area contributed by atoms with Crippen molar-refractivity contribution in [1.82, 2.24) is 10.2 Å². The van der Waals surface area contributed by atoms with Crippen LogP contribution in [0.3, 0.4) is 0 Å². The molecule has 3 heteroatoms. The fourth-order valence-electron chi connectivity index (χ4n) is 3.01. The largest absolute Gasteiger partial charge is 0.389 e. The summed E-state index contributed by atoms with van der Waals surface area (Å²) < 4.78 is 0. The van der Waals surface area contributed by atoms with E-state index in [1.54, 1.807) is 0 Å². The maximum Gasteiger partial charge on any atom is 0.0771 e. The molecule has 0 aliphatic heterocycles. The molecule has 0 radical (unpaired) electrons. The van der Waals surface area contributed by atoms with Crippen LogP contribution in [0, 0.1) is 0 Å². The molecule has 1 unspecified atom stereocenters. The minimum Gasteiger partial charge on any atom is -0.389 e. The zero-order chi connectivity index (χ0) is 14.1. The second-order valence-corrected chi connectivity index (χ2v) is 6.24. The zero-order valence-electron chi connectivity index (χ0n) is 13.2. The van der Waals surface area contributed by atoms with E-state index in [1.165, 1.54) is 38.6 Å². The smallest absolute Gasteiger partial charge is 0.0771 e. The summed E-state index contributed by atoms with van der Waals surface area (Å²) in [4.78, 5) is 2.47. The van der Waals surface area contributed by atoms with E-state index in [1.807, 2.05) is 0 Å². The lowest BCUT2D eigenvalue weighted by atomic mass is 9.84. The maximum absolute atomic E-state index is 10.4. The molecule has 0 amide bonds. The molecule has 3 nitrogen and oxygen atoms in total. The average molecular weight is 270 g/mol. The summed E-state index contributed by atoms with van der Waals surface area (Å²) >= 11 is 0. The van der Waals surface area contributed by atoms with Crippen molar-refractivity contribution in [3.8, 4) is 0 Å². The zero-order valence-corrected chi connectivity index (χ0v) is 13.2. The molecule has 19 heavy (non-hydrogen) atoms. The number of aliphatic hydroxyl groups is 1. The summed E-state index contributed by atoms with van der Waals surface area (Å²) in [5, 5.41) is 14.0. The van der Waals surface area contributed by atoms with Gasteiger partial charge < -0.3 is 15.3 Å². The number of hydrogen-bond acceptors (Lipinski definition) is 3. The van der Waals surface area contributed by atoms with Crippen LogP contribution >= 0.6 is 0 Å². The van der Waals surface area contributed by atoms with Crippen molar-refractivity contribution in [3.63, 3.8) is 0 Å². The van der Waals surface area contributed by atoms with E-state index in [2.05, 4.69) is 31.0 Å². The van der Waals surface area contributed by atoms with Crippen molar-refractivity contribution >= 4 is 0 Å². The van der Waals surface area contributed by atoms with Crippen molar-refractivity contribution in [2.45, 2.75) is 77.4 Å². The molecule has 2 N–H and O–H groups in total. The van der Waals surface area contributed by atoms with Crippen LogP contribution in [0.25, 0.3) is 0 Å². The van der Waals surface area contributed by atoms with Crippen LogP contribution in [0.15, 0.2) is 0 Å². The monoisotopic (exact) mass is 270 g/mol. The summed E-state index contributed by atoms with van der Waals surface area (Å²) in [5.74, 6) is 0. The molecule has 1 fully saturated rings. The van der Waals surface area contributed by atoms with E-state index in [0.29, 0.717) is 6.04 Å². The van der Waals surface area contributed by atoms with Crippen LogP contribution in [0.5, 0.6) is 0 Å². The molecular weight excluding hydrogens is 236 g/mol. The third-order valence-corrected chi connectivity index (χ3v) is 4.57. The average Bonchev–Trinajstić information content (AvgIpc) is 2.42. The van der Waals surface area contributed by atoms with Gasteiger partial charge in [-0.2, -0.15) is 0 Å². The van der Waals surface area contributed by atoms with Crippen LogP contribution in [0.1, 0.15) is 65.7 Å². The van der Waals surface area contributed by atoms with Gasteiger partial charge in [0.05, 0.1) is 5.60 Å². The molecule has 1 saturated carbocycles. The van der Waals surface area contributed by atoms with Gasteiger partial charge in [0.25, 0.3) is 0 Å². The molecule has 1 atom stereocenters. The topological polar surface area (TPSA) is 35.5 Å². The molecule has 0 aromatic heterocycles. The summed E-state index contributed by atoms with van der Waals surface area (Å²) in [5.41, 5.74) is -0.425. The second-order valence-electron chi connectivity index (χ2n) is 6.24. The van der Waals surface area contributed by atoms with Crippen LogP contribution in [0.2, 0.25) is 0 Å². The minimum atomic E-state index is -0.425. The Kier molecular flexibility index (Phi) is 7.96. The third kappa shape index (κ3) is 6.73. The SMILES string of the molecule is CCN(CC)CCCC(C)NCC1(O)CCCCC1. The van der Waals surface area contributed by atoms with Crippen molar-refractivity contribution in [1.29, 1.82) is 0 Å². The van der Waals surface area contributed by atoms with Crippen LogP contribution in [0.4, 0.5) is 0 Å². The lowest BCUT2D eigenvalue weighted by molar-refractivity contribution is 0.00278. The molecule has 114 valence electrons. The summed E-state index contributed by atoms with van der Waals surface area (Å²) in [7, 11) is 0. The van der Waals surface area contributed by atoms with Crippen molar-refractivity contribution in [3.05, 3.63) is 0 Å². The van der Waals surface area contributed by atoms with Gasteiger partial charge >= 0.3 is 0 Å². The van der Waals surface area contributed by atoms with E-state index in [9.17, 15) is 5.11 Å². The van der Waals surface area contributed by atoms with E-state index in [-0.39, 0.29) is 0 Å². The third-order valence-electron chi connectivity index (χ3n) is 4.57. The standard InChI is InChI=1S/C16H34N2O/c1-4-18(5-2)13-9-10-15(3)17-14-16(19)11-7-6-8-12-16/h15,17,19H,4-14H2,1-3H3. The number of rotatable bonds is 9. The van der Waals surface area contributed by atoms with Gasteiger partial charge in [0.2, 0.25) is 0 Å². The number of nitrogens with one attached hydrogen (secondary N) is 1. The maximum atomic E-state index is 10.4. The highest BCUT2D eigenvalue weighted by Gasteiger charge is 2.28. The van der Waals surface area contributed by atoms with Crippen molar-refractivity contribution < 1.29 is 5.11 Å². The van der Waals surface area contributed by atoms with E-state index in [4.69, 9.17) is 0 Å². The Morgan fingerprint density at radius 2 is 1.79 bits per heavy atom. The Hall–Kier alpha value is -0.120. The summed E-state index contributed by atoms with van der Waals surface area (Å²) in [6.07, 6.45) is 8.07. The van der Waals surface area contributed by atoms with Gasteiger partial charge in [0, 0.05) is 12.6 Å². The normalized spacial score (nSPS) is 20.7. The van der Waals surface area contributed by atoms with Gasteiger partial charge in [0.15, 0.2) is 0 Å². The molecule has 1 aliphatic rings. The van der Waals surface area contributed by atoms with Crippen molar-refractivity contribution in [2.24, 2.45) is 0 Å². The Balaban J connectivity index is 2.11. The number of nitrogens with zero attached hydrogens (tertiary/aromatic N) is 1. The lowest BCUT2D eigenvalue weighted by Crippen LogP contribution is -2.45. The molecule has 1 rings (SSSR count). The quantitative estimate of drug-likeness (QED) is 0.676. The van der Waals surface area contributed by atoms with Crippen molar-refractivity contribution in [2.75, 3.05) is 26.2 Å². The molecule has 1 aliphatic carbocycles. The second kappa shape index (κ2) is 8.93. The fourth-order valence-corrected chi connectivity index (χ4v) is 3.01. The summed E-state index contributed by atoms with van der Waals surface area (Å²) in [6, 6.07) is 0.515. The molecular formula is C16H34N2O. The first kappa shape index (κ1) is 16.9. The highest BCUT2D eigenvalue weighted by atomic mass is 16.3. The lowest BCUT2D eigenvalue weighted by Gasteiger charge is -2.33. The number of hydrogen-bond donors (Lipinski definition) is 2. The van der Waals surface area contributed by atoms with E-state index < -0.39 is 5.60 Å². The Bertz CT molecular complexity index is 223. The Morgan fingerprint density at radius 3 is 2.37 bits per heavy atom. The molecule has 0 spiro atoms. The van der Waals surface area contributed by atoms with Crippen LogP contribution in [-0.2, 0) is 0 Å². The van der Waals surface area contributed by atoms with Crippen LogP contribution in [-0.4, -0.2) is 47.8 Å². The van der Waals surface area contributed by atoms with Gasteiger partial charge in [-0.05, 0) is 52.2 Å². The first-order chi connectivity index (χ1) is 9.09. The first-order valence-electron chi connectivity index (χ1n) is 8.27. The molecule has 0 aromatic carbocycles. The molecule has 0 saturated heterocycles. The highest BCUT2D eigenvalue weighted by Crippen LogP contribution is 2.27. The minimum absolute atomic E-state index is 0.425. The Labute approximate surface area is 119 Å². The molecule has 0 aromatic rings. The van der Waals surface area contributed by atoms with Gasteiger partial charge in [0.1, 0.15) is 0 Å². The fraction of sp³-hybridized carbons (Fsp3) is 1.00. The predicted molar refractivity (Wildman–Crippen MR) is 82.5 cm³/mol. The molecule has 0 heterocycles. The van der Waals surface area contributed by atoms with Gasteiger partial charge in [-0.1, -0.05) is 33.1 Å². The van der Waals surface area contributed by atoms with Gasteiger partial charge in [-0.15, -0.1) is 0 Å². The van der Waals surface area contributed by atoms with E-state index >= 15 is 0 Å². The van der Waals surface area contributed by atoms with Gasteiger partial charge in [-0.25, -0.2) is 0 Å². The van der Waals surface area contributed by atoms with E-state index in [0.717, 1.165) is 32.5 Å². The highest BCUT2D eigenvalue weighted by molar-refractivity contribution is 4.85. The summed E-state index contributed by atoms with van der Waals surface area (Å²) in [6.45, 7) is 11.0. The predicted octanol–water partition coefficient (Wildman–Crippen LogP) is 2.78. The molecule has 0 bridgehead atoms. The van der Waals surface area contributed by atoms with Gasteiger partial charge in [-0.3, -0.25) is 0 Å².